The average Bonchev–Trinajstić information content (AvgIpc) is 3.82. The summed E-state index contributed by atoms with van der Waals surface area (Å²) in [6, 6.07) is 13.7. The van der Waals surface area contributed by atoms with E-state index < -0.39 is 5.60 Å². The Balaban J connectivity index is 1.10. The van der Waals surface area contributed by atoms with Gasteiger partial charge in [0.25, 0.3) is 0 Å². The molecule has 9 rings (SSSR count). The van der Waals surface area contributed by atoms with Crippen molar-refractivity contribution in [3.8, 4) is 15.5 Å². The van der Waals surface area contributed by atoms with Crippen LogP contribution < -0.4 is 4.74 Å². The molecule has 1 aliphatic heterocycles. The second-order valence-corrected chi connectivity index (χ2v) is 15.1. The Labute approximate surface area is 264 Å². The van der Waals surface area contributed by atoms with E-state index in [1.165, 1.54) is 34.0 Å². The van der Waals surface area contributed by atoms with Crippen LogP contribution in [0.15, 0.2) is 59.7 Å². The molecule has 0 bridgehead atoms. The van der Waals surface area contributed by atoms with Crippen molar-refractivity contribution in [2.75, 3.05) is 0 Å². The second kappa shape index (κ2) is 8.82. The third-order valence-corrected chi connectivity index (χ3v) is 12.6. The van der Waals surface area contributed by atoms with E-state index in [0.717, 1.165) is 40.1 Å². The minimum absolute atomic E-state index is 0.130. The Hall–Kier alpha value is -4.42. The molecule has 4 aromatic heterocycles. The van der Waals surface area contributed by atoms with Crippen molar-refractivity contribution in [3.05, 3.63) is 97.5 Å². The summed E-state index contributed by atoms with van der Waals surface area (Å²) in [5, 5.41) is 1.18. The van der Waals surface area contributed by atoms with Crippen molar-refractivity contribution in [3.63, 3.8) is 0 Å². The summed E-state index contributed by atoms with van der Waals surface area (Å²) >= 11 is 5.93. The summed E-state index contributed by atoms with van der Waals surface area (Å²) in [5.41, 5.74) is 2.31. The van der Waals surface area contributed by atoms with E-state index in [0.29, 0.717) is 32.3 Å². The normalized spacial score (nSPS) is 16.4. The number of carbonyl (C=O) groups is 4. The first-order valence-corrected chi connectivity index (χ1v) is 16.8. The van der Waals surface area contributed by atoms with E-state index in [1.807, 2.05) is 13.8 Å². The Kier molecular flexibility index (Phi) is 5.22. The molecule has 11 heteroatoms. The van der Waals surface area contributed by atoms with E-state index in [9.17, 15) is 19.2 Å². The first-order valence-electron chi connectivity index (χ1n) is 13.6. The average molecular weight is 649 g/mol. The van der Waals surface area contributed by atoms with E-state index >= 15 is 0 Å². The summed E-state index contributed by atoms with van der Waals surface area (Å²) in [6.07, 6.45) is 3.20. The van der Waals surface area contributed by atoms with Gasteiger partial charge in [-0.1, -0.05) is 48.5 Å². The zero-order chi connectivity index (χ0) is 30.1. The number of Topliss-reactive ketones (excluding diaryl/α,β-unsaturated/α-hetero) is 4. The molecule has 0 unspecified atom stereocenters. The number of benzene rings is 2. The second-order valence-electron chi connectivity index (χ2n) is 11.1. The number of aromatic nitrogens is 2. The van der Waals surface area contributed by atoms with Gasteiger partial charge < -0.3 is 4.74 Å². The topological polar surface area (TPSA) is 103 Å². The minimum Gasteiger partial charge on any atom is -0.480 e. The van der Waals surface area contributed by atoms with Crippen LogP contribution in [-0.4, -0.2) is 33.1 Å². The van der Waals surface area contributed by atoms with Crippen molar-refractivity contribution in [1.29, 1.82) is 0 Å². The molecule has 0 saturated carbocycles. The molecule has 2 aromatic carbocycles. The molecule has 3 aliphatic rings. The van der Waals surface area contributed by atoms with Gasteiger partial charge in [-0.25, -0.2) is 9.97 Å². The third-order valence-electron chi connectivity index (χ3n) is 8.00. The maximum Gasteiger partial charge on any atom is 0.197 e. The molecule has 7 nitrogen and oxygen atoms in total. The number of hydrogen-bond donors (Lipinski definition) is 0. The monoisotopic (exact) mass is 648 g/mol. The highest BCUT2D eigenvalue weighted by Gasteiger charge is 2.41. The summed E-state index contributed by atoms with van der Waals surface area (Å²) in [4.78, 5) is 64.9. The van der Waals surface area contributed by atoms with Gasteiger partial charge >= 0.3 is 0 Å². The molecule has 0 N–H and O–H groups in total. The van der Waals surface area contributed by atoms with Crippen LogP contribution in [0, 0.1) is 0 Å². The van der Waals surface area contributed by atoms with Crippen molar-refractivity contribution >= 4 is 99.7 Å². The molecule has 6 aromatic rings. The van der Waals surface area contributed by atoms with E-state index in [4.69, 9.17) is 14.7 Å². The van der Waals surface area contributed by atoms with Gasteiger partial charge in [0.2, 0.25) is 0 Å². The van der Waals surface area contributed by atoms with Gasteiger partial charge in [-0.15, -0.1) is 45.3 Å². The Bertz CT molecular complexity index is 2360. The van der Waals surface area contributed by atoms with Gasteiger partial charge in [0, 0.05) is 27.8 Å². The number of carbonyl (C=O) groups excluding carboxylic acids is 4. The number of thiophene rings is 2. The molecule has 0 saturated heterocycles. The number of allylic oxidation sites excluding steroid dienone is 2. The van der Waals surface area contributed by atoms with Crippen LogP contribution in [0.3, 0.4) is 0 Å². The van der Waals surface area contributed by atoms with E-state index in [1.54, 1.807) is 72.0 Å². The number of fused-ring (bicyclic) bond motifs is 9. The number of nitrogens with zero attached hydrogens (tertiary/aromatic N) is 2. The van der Waals surface area contributed by atoms with Crippen molar-refractivity contribution in [2.24, 2.45) is 0 Å². The lowest BCUT2D eigenvalue weighted by molar-refractivity contribution is 0.0975. The van der Waals surface area contributed by atoms with Gasteiger partial charge in [-0.05, 0) is 26.0 Å². The van der Waals surface area contributed by atoms with Gasteiger partial charge in [0.05, 0.1) is 25.6 Å². The standard InChI is InChI=1S/C33H16N2O5S4/c1-33(2)21-27(43-31-28(21)41-19(34-31)11-17-22(36)13-7-3-4-8-14(13)23(17)37)29-26(40-33)30-32(44-29)35-20(42-30)12-18-24(38)15-9-5-6-10-16(15)25(18)39/h3-12H,1-2H3. The molecular formula is C33H16N2O5S4. The predicted molar refractivity (Wildman–Crippen MR) is 174 cm³/mol. The maximum atomic E-state index is 12.9. The fourth-order valence-electron chi connectivity index (χ4n) is 6.01. The van der Waals surface area contributed by atoms with Gasteiger partial charge in [-0.2, -0.15) is 0 Å². The fourth-order valence-corrected chi connectivity index (χ4v) is 11.1. The minimum atomic E-state index is -0.692. The summed E-state index contributed by atoms with van der Waals surface area (Å²) in [5.74, 6) is -0.354. The Morgan fingerprint density at radius 2 is 1.05 bits per heavy atom. The number of ether oxygens (including phenoxy) is 1. The lowest BCUT2D eigenvalue weighted by atomic mass is 9.95. The zero-order valence-electron chi connectivity index (χ0n) is 22.8. The zero-order valence-corrected chi connectivity index (χ0v) is 26.1. The van der Waals surface area contributed by atoms with Crippen LogP contribution in [0.1, 0.15) is 70.9 Å². The highest BCUT2D eigenvalue weighted by molar-refractivity contribution is 7.34. The van der Waals surface area contributed by atoms with E-state index in [2.05, 4.69) is 0 Å². The summed E-state index contributed by atoms with van der Waals surface area (Å²) in [7, 11) is 0. The molecule has 0 spiro atoms. The molecule has 2 aliphatic carbocycles. The Morgan fingerprint density at radius 3 is 1.55 bits per heavy atom. The highest BCUT2D eigenvalue weighted by atomic mass is 32.1. The molecule has 44 heavy (non-hydrogen) atoms. The van der Waals surface area contributed by atoms with Crippen molar-refractivity contribution in [2.45, 2.75) is 19.4 Å². The van der Waals surface area contributed by atoms with Crippen LogP contribution in [0.2, 0.25) is 0 Å². The van der Waals surface area contributed by atoms with Crippen molar-refractivity contribution < 1.29 is 23.9 Å². The van der Waals surface area contributed by atoms with Crippen molar-refractivity contribution in [1.82, 2.24) is 9.97 Å². The molecular weight excluding hydrogens is 633 g/mol. The van der Waals surface area contributed by atoms with Gasteiger partial charge in [0.1, 0.15) is 30.0 Å². The predicted octanol–water partition coefficient (Wildman–Crippen LogP) is 8.25. The van der Waals surface area contributed by atoms with Gasteiger partial charge in [-0.3, -0.25) is 19.2 Å². The SMILES string of the molecule is CC1(C)Oc2c(sc3nc(C=C4C(=O)c5ccccc5C4=O)sc23)-c2sc3nc(C=C4C(=O)c5ccccc5C4=O)sc3c21. The van der Waals surface area contributed by atoms with Crippen LogP contribution in [-0.2, 0) is 5.60 Å². The summed E-state index contributed by atoms with van der Waals surface area (Å²) in [6.45, 7) is 4.03. The molecule has 0 fully saturated rings. The smallest absolute Gasteiger partial charge is 0.197 e. The van der Waals surface area contributed by atoms with Crippen LogP contribution >= 0.6 is 45.3 Å². The summed E-state index contributed by atoms with van der Waals surface area (Å²) < 4.78 is 8.49. The quantitative estimate of drug-likeness (QED) is 0.138. The number of hydrogen-bond acceptors (Lipinski definition) is 11. The molecule has 5 heterocycles. The number of thiazole rings is 2. The lowest BCUT2D eigenvalue weighted by Crippen LogP contribution is -2.27. The largest absolute Gasteiger partial charge is 0.480 e. The number of rotatable bonds is 2. The third kappa shape index (κ3) is 3.46. The maximum absolute atomic E-state index is 12.9. The molecule has 0 radical (unpaired) electrons. The number of ketones is 4. The van der Waals surface area contributed by atoms with Crippen LogP contribution in [0.25, 0.3) is 41.0 Å². The first-order chi connectivity index (χ1) is 21.2. The molecule has 212 valence electrons. The van der Waals surface area contributed by atoms with E-state index in [-0.39, 0.29) is 34.3 Å². The highest BCUT2D eigenvalue weighted by Crippen LogP contribution is 2.59. The van der Waals surface area contributed by atoms with Crippen LogP contribution in [0.4, 0.5) is 0 Å². The lowest BCUT2D eigenvalue weighted by Gasteiger charge is -2.31. The van der Waals surface area contributed by atoms with Crippen LogP contribution in [0.5, 0.6) is 5.75 Å². The molecule has 0 amide bonds. The Morgan fingerprint density at radius 1 is 0.614 bits per heavy atom. The molecule has 0 atom stereocenters. The first kappa shape index (κ1) is 26.0. The fraction of sp³-hybridized carbons (Fsp3) is 0.0909. The van der Waals surface area contributed by atoms with Gasteiger partial charge in [0.15, 0.2) is 28.9 Å².